The fourth-order valence-corrected chi connectivity index (χ4v) is 2.66. The highest BCUT2D eigenvalue weighted by Crippen LogP contribution is 2.20. The predicted molar refractivity (Wildman–Crippen MR) is 73.0 cm³/mol. The summed E-state index contributed by atoms with van der Waals surface area (Å²) >= 11 is 0. The summed E-state index contributed by atoms with van der Waals surface area (Å²) in [5, 5.41) is 7.29. The average molecular weight is 232 g/mol. The number of benzene rings is 1. The maximum Gasteiger partial charge on any atom is 0.0320 e. The molecule has 0 spiro atoms. The van der Waals surface area contributed by atoms with Crippen LogP contribution in [-0.4, -0.2) is 19.1 Å². The molecule has 2 rings (SSSR count). The molecule has 0 aromatic heterocycles. The molecule has 3 unspecified atom stereocenters. The molecule has 0 radical (unpaired) electrons. The molecular weight excluding hydrogens is 208 g/mol. The SMILES string of the molecule is CCC(NC1CCNCC1C)c1ccccc1. The van der Waals surface area contributed by atoms with Crippen LogP contribution < -0.4 is 10.6 Å². The minimum Gasteiger partial charge on any atom is -0.316 e. The first-order valence-electron chi connectivity index (χ1n) is 6.83. The Morgan fingerprint density at radius 3 is 2.76 bits per heavy atom. The highest BCUT2D eigenvalue weighted by molar-refractivity contribution is 5.19. The topological polar surface area (TPSA) is 24.1 Å². The number of nitrogens with one attached hydrogen (secondary N) is 2. The number of hydrogen-bond acceptors (Lipinski definition) is 2. The van der Waals surface area contributed by atoms with Crippen molar-refractivity contribution in [2.24, 2.45) is 5.92 Å². The van der Waals surface area contributed by atoms with E-state index in [0.29, 0.717) is 12.1 Å². The molecule has 2 heteroatoms. The van der Waals surface area contributed by atoms with E-state index in [1.165, 1.54) is 12.0 Å². The van der Waals surface area contributed by atoms with Gasteiger partial charge in [0.2, 0.25) is 0 Å². The second-order valence-corrected chi connectivity index (χ2v) is 5.11. The largest absolute Gasteiger partial charge is 0.316 e. The molecule has 1 aromatic carbocycles. The van der Waals surface area contributed by atoms with Crippen molar-refractivity contribution in [3.63, 3.8) is 0 Å². The molecule has 1 heterocycles. The third kappa shape index (κ3) is 3.30. The normalized spacial score (nSPS) is 26.7. The van der Waals surface area contributed by atoms with Gasteiger partial charge in [-0.3, -0.25) is 0 Å². The molecule has 1 fully saturated rings. The van der Waals surface area contributed by atoms with Gasteiger partial charge in [-0.2, -0.15) is 0 Å². The van der Waals surface area contributed by atoms with Gasteiger partial charge in [0, 0.05) is 12.1 Å². The van der Waals surface area contributed by atoms with Crippen molar-refractivity contribution < 1.29 is 0 Å². The second-order valence-electron chi connectivity index (χ2n) is 5.11. The van der Waals surface area contributed by atoms with Crippen LogP contribution in [0.1, 0.15) is 38.3 Å². The molecule has 0 aliphatic carbocycles. The third-order valence-corrected chi connectivity index (χ3v) is 3.81. The Hall–Kier alpha value is -0.860. The van der Waals surface area contributed by atoms with E-state index < -0.39 is 0 Å². The van der Waals surface area contributed by atoms with Crippen LogP contribution >= 0.6 is 0 Å². The molecule has 3 atom stereocenters. The first kappa shape index (κ1) is 12.6. The second kappa shape index (κ2) is 6.18. The van der Waals surface area contributed by atoms with Crippen molar-refractivity contribution in [3.8, 4) is 0 Å². The number of hydrogen-bond donors (Lipinski definition) is 2. The first-order chi connectivity index (χ1) is 8.31. The Morgan fingerprint density at radius 2 is 2.12 bits per heavy atom. The average Bonchev–Trinajstić information content (AvgIpc) is 2.39. The van der Waals surface area contributed by atoms with Gasteiger partial charge in [-0.25, -0.2) is 0 Å². The maximum atomic E-state index is 3.83. The molecule has 2 N–H and O–H groups in total. The monoisotopic (exact) mass is 232 g/mol. The number of piperidine rings is 1. The van der Waals surface area contributed by atoms with Crippen molar-refractivity contribution in [3.05, 3.63) is 35.9 Å². The van der Waals surface area contributed by atoms with E-state index in [1.807, 2.05) is 0 Å². The van der Waals surface area contributed by atoms with Crippen molar-refractivity contribution >= 4 is 0 Å². The molecule has 0 bridgehead atoms. The lowest BCUT2D eigenvalue weighted by molar-refractivity contribution is 0.270. The maximum absolute atomic E-state index is 3.83. The van der Waals surface area contributed by atoms with Gasteiger partial charge in [-0.15, -0.1) is 0 Å². The van der Waals surface area contributed by atoms with Crippen molar-refractivity contribution in [2.45, 2.75) is 38.8 Å². The van der Waals surface area contributed by atoms with Crippen LogP contribution in [0.25, 0.3) is 0 Å². The minimum absolute atomic E-state index is 0.502. The summed E-state index contributed by atoms with van der Waals surface area (Å²) in [6.45, 7) is 6.88. The summed E-state index contributed by atoms with van der Waals surface area (Å²) < 4.78 is 0. The highest BCUT2D eigenvalue weighted by atomic mass is 15.0. The van der Waals surface area contributed by atoms with Crippen LogP contribution in [-0.2, 0) is 0 Å². The van der Waals surface area contributed by atoms with Gasteiger partial charge in [0.05, 0.1) is 0 Å². The van der Waals surface area contributed by atoms with E-state index in [0.717, 1.165) is 25.4 Å². The van der Waals surface area contributed by atoms with E-state index in [9.17, 15) is 0 Å². The first-order valence-corrected chi connectivity index (χ1v) is 6.83. The van der Waals surface area contributed by atoms with Crippen LogP contribution in [0.5, 0.6) is 0 Å². The smallest absolute Gasteiger partial charge is 0.0320 e. The summed E-state index contributed by atoms with van der Waals surface area (Å²) in [4.78, 5) is 0. The van der Waals surface area contributed by atoms with Crippen molar-refractivity contribution in [1.82, 2.24) is 10.6 Å². The summed E-state index contributed by atoms with van der Waals surface area (Å²) in [6, 6.07) is 12.0. The standard InChI is InChI=1S/C15H24N2/c1-3-14(13-7-5-4-6-8-13)17-15-9-10-16-11-12(15)2/h4-8,12,14-17H,3,9-11H2,1-2H3. The van der Waals surface area contributed by atoms with Crippen LogP contribution in [0.2, 0.25) is 0 Å². The molecule has 0 amide bonds. The lowest BCUT2D eigenvalue weighted by Crippen LogP contribution is -2.47. The zero-order valence-electron chi connectivity index (χ0n) is 10.9. The lowest BCUT2D eigenvalue weighted by Gasteiger charge is -2.33. The summed E-state index contributed by atoms with van der Waals surface area (Å²) in [5.74, 6) is 0.724. The van der Waals surface area contributed by atoms with Gasteiger partial charge < -0.3 is 10.6 Å². The quantitative estimate of drug-likeness (QED) is 0.834. The Balaban J connectivity index is 1.99. The van der Waals surface area contributed by atoms with Crippen LogP contribution in [0, 0.1) is 5.92 Å². The molecule has 2 nitrogen and oxygen atoms in total. The van der Waals surface area contributed by atoms with Crippen molar-refractivity contribution in [2.75, 3.05) is 13.1 Å². The van der Waals surface area contributed by atoms with Gasteiger partial charge in [-0.05, 0) is 37.4 Å². The van der Waals surface area contributed by atoms with E-state index in [-0.39, 0.29) is 0 Å². The van der Waals surface area contributed by atoms with Gasteiger partial charge in [0.1, 0.15) is 0 Å². The lowest BCUT2D eigenvalue weighted by atomic mass is 9.93. The fourth-order valence-electron chi connectivity index (χ4n) is 2.66. The molecular formula is C15H24N2. The molecule has 1 aliphatic rings. The molecule has 17 heavy (non-hydrogen) atoms. The minimum atomic E-state index is 0.502. The zero-order chi connectivity index (χ0) is 12.1. The van der Waals surface area contributed by atoms with Gasteiger partial charge >= 0.3 is 0 Å². The Kier molecular flexibility index (Phi) is 4.57. The molecule has 1 aromatic rings. The number of rotatable bonds is 4. The highest BCUT2D eigenvalue weighted by Gasteiger charge is 2.23. The van der Waals surface area contributed by atoms with Crippen LogP contribution in [0.3, 0.4) is 0 Å². The van der Waals surface area contributed by atoms with E-state index in [2.05, 4.69) is 54.8 Å². The zero-order valence-corrected chi connectivity index (χ0v) is 10.9. The summed E-state index contributed by atoms with van der Waals surface area (Å²) in [6.07, 6.45) is 2.39. The summed E-state index contributed by atoms with van der Waals surface area (Å²) in [7, 11) is 0. The molecule has 0 saturated carbocycles. The van der Waals surface area contributed by atoms with E-state index >= 15 is 0 Å². The van der Waals surface area contributed by atoms with Gasteiger partial charge in [0.15, 0.2) is 0 Å². The fraction of sp³-hybridized carbons (Fsp3) is 0.600. The summed E-state index contributed by atoms with van der Waals surface area (Å²) in [5.41, 5.74) is 1.42. The van der Waals surface area contributed by atoms with Gasteiger partial charge in [-0.1, -0.05) is 44.2 Å². The molecule has 94 valence electrons. The molecule has 1 saturated heterocycles. The Bertz CT molecular complexity index is 323. The van der Waals surface area contributed by atoms with E-state index in [1.54, 1.807) is 0 Å². The van der Waals surface area contributed by atoms with Crippen molar-refractivity contribution in [1.29, 1.82) is 0 Å². The Morgan fingerprint density at radius 1 is 1.35 bits per heavy atom. The Labute approximate surface area is 105 Å². The van der Waals surface area contributed by atoms with Crippen LogP contribution in [0.4, 0.5) is 0 Å². The van der Waals surface area contributed by atoms with Crippen LogP contribution in [0.15, 0.2) is 30.3 Å². The third-order valence-electron chi connectivity index (χ3n) is 3.81. The predicted octanol–water partition coefficient (Wildman–Crippen LogP) is 2.73. The van der Waals surface area contributed by atoms with E-state index in [4.69, 9.17) is 0 Å². The van der Waals surface area contributed by atoms with Gasteiger partial charge in [0.25, 0.3) is 0 Å². The molecule has 1 aliphatic heterocycles.